The van der Waals surface area contributed by atoms with E-state index in [-0.39, 0.29) is 0 Å². The Bertz CT molecular complexity index is 4100. The van der Waals surface area contributed by atoms with Gasteiger partial charge in [-0.1, -0.05) is 146 Å². The lowest BCUT2D eigenvalue weighted by Crippen LogP contribution is -2.03. The van der Waals surface area contributed by atoms with Gasteiger partial charge in [-0.05, 0) is 76.5 Å². The van der Waals surface area contributed by atoms with Gasteiger partial charge in [0.1, 0.15) is 0 Å². The molecule has 0 N–H and O–H groups in total. The van der Waals surface area contributed by atoms with Crippen LogP contribution < -0.4 is 0 Å². The summed E-state index contributed by atoms with van der Waals surface area (Å²) in [5.41, 5.74) is 14.7. The lowest BCUT2D eigenvalue weighted by atomic mass is 9.99. The minimum Gasteiger partial charge on any atom is -0.307 e. The Labute approximate surface area is 348 Å². The summed E-state index contributed by atoms with van der Waals surface area (Å²) in [5, 5.41) is 10.8. The van der Waals surface area contributed by atoms with Crippen LogP contribution in [0.1, 0.15) is 0 Å². The van der Waals surface area contributed by atoms with Crippen molar-refractivity contribution < 1.29 is 0 Å². The van der Waals surface area contributed by atoms with Gasteiger partial charge in [0.25, 0.3) is 0 Å². The first kappa shape index (κ1) is 32.7. The van der Waals surface area contributed by atoms with Crippen LogP contribution in [0.3, 0.4) is 0 Å². The van der Waals surface area contributed by atoms with Crippen molar-refractivity contribution in [2.75, 3.05) is 0 Å². The molecule has 8 aromatic carbocycles. The number of hydrogen-bond acceptors (Lipinski definition) is 2. The smallest absolute Gasteiger partial charge is 0.235 e. The average Bonchev–Trinajstić information content (AvgIpc) is 4.05. The van der Waals surface area contributed by atoms with Crippen molar-refractivity contribution in [2.45, 2.75) is 0 Å². The minimum absolute atomic E-state index is 0.657. The summed E-state index contributed by atoms with van der Waals surface area (Å²) in [7, 11) is 0. The first-order valence-corrected chi connectivity index (χ1v) is 20.8. The van der Waals surface area contributed by atoms with Crippen molar-refractivity contribution in [3.05, 3.63) is 200 Å². The summed E-state index contributed by atoms with van der Waals surface area (Å²) in [4.78, 5) is 10.6. The maximum atomic E-state index is 5.38. The summed E-state index contributed by atoms with van der Waals surface area (Å²) >= 11 is 0. The van der Waals surface area contributed by atoms with Crippen molar-refractivity contribution in [1.29, 1.82) is 0 Å². The molecule has 0 aliphatic rings. The molecule has 5 nitrogen and oxygen atoms in total. The summed E-state index contributed by atoms with van der Waals surface area (Å²) in [6, 6.07) is 72.3. The van der Waals surface area contributed by atoms with Crippen LogP contribution in [-0.2, 0) is 0 Å². The summed E-state index contributed by atoms with van der Waals surface area (Å²) in [6.45, 7) is 0. The third-order valence-electron chi connectivity index (χ3n) is 12.9. The molecular formula is C56H33N5. The second kappa shape index (κ2) is 12.1. The highest BCUT2D eigenvalue weighted by molar-refractivity contribution is 6.30. The van der Waals surface area contributed by atoms with Crippen LogP contribution in [0.5, 0.6) is 0 Å². The zero-order valence-electron chi connectivity index (χ0n) is 32.8. The molecule has 5 heteroatoms. The molecule has 0 atom stereocenters. The van der Waals surface area contributed by atoms with E-state index in [1.165, 1.54) is 76.2 Å². The fourth-order valence-corrected chi connectivity index (χ4v) is 10.4. The molecule has 0 saturated carbocycles. The van der Waals surface area contributed by atoms with Crippen molar-refractivity contribution in [1.82, 2.24) is 23.5 Å². The van der Waals surface area contributed by atoms with Gasteiger partial charge < -0.3 is 8.97 Å². The molecular weight excluding hydrogens is 743 g/mol. The standard InChI is InChI=1S/C56H33N5/c1-3-16-35(17-4-1)53-42-23-11-13-25-45(42)57-56(58-53)61-47-29-28-36(31-44(47)51-39-20-8-7-15-34(39)27-30-48(51)61)37-32-49-40-21-9-10-22-41(40)54-55-52(50(33-37)60(49)54)43-24-12-14-26-46(43)59(55)38-18-5-2-6-19-38/h1-33H. The third kappa shape index (κ3) is 4.44. The Morgan fingerprint density at radius 1 is 0.328 bits per heavy atom. The van der Waals surface area contributed by atoms with Crippen molar-refractivity contribution >= 4 is 92.6 Å². The largest absolute Gasteiger partial charge is 0.307 e. The van der Waals surface area contributed by atoms with Gasteiger partial charge in [-0.3, -0.25) is 4.57 Å². The van der Waals surface area contributed by atoms with Gasteiger partial charge in [-0.25, -0.2) is 9.97 Å². The molecule has 0 spiro atoms. The van der Waals surface area contributed by atoms with Crippen LogP contribution in [0.15, 0.2) is 200 Å². The maximum Gasteiger partial charge on any atom is 0.235 e. The Morgan fingerprint density at radius 3 is 1.84 bits per heavy atom. The van der Waals surface area contributed by atoms with Gasteiger partial charge in [0, 0.05) is 49.0 Å². The predicted molar refractivity (Wildman–Crippen MR) is 254 cm³/mol. The molecule has 14 rings (SSSR count). The third-order valence-corrected chi connectivity index (χ3v) is 12.9. The molecule has 0 bridgehead atoms. The van der Waals surface area contributed by atoms with Gasteiger partial charge in [0.2, 0.25) is 5.95 Å². The van der Waals surface area contributed by atoms with Crippen LogP contribution in [0.4, 0.5) is 0 Å². The van der Waals surface area contributed by atoms with E-state index in [1.807, 2.05) is 0 Å². The first-order valence-electron chi connectivity index (χ1n) is 20.8. The van der Waals surface area contributed by atoms with Crippen molar-refractivity contribution in [2.24, 2.45) is 0 Å². The van der Waals surface area contributed by atoms with E-state index >= 15 is 0 Å². The van der Waals surface area contributed by atoms with Gasteiger partial charge in [0.15, 0.2) is 0 Å². The summed E-state index contributed by atoms with van der Waals surface area (Å²) < 4.78 is 7.23. The highest BCUT2D eigenvalue weighted by Crippen LogP contribution is 2.47. The predicted octanol–water partition coefficient (Wildman–Crippen LogP) is 14.3. The van der Waals surface area contributed by atoms with Gasteiger partial charge in [0.05, 0.1) is 49.8 Å². The zero-order valence-corrected chi connectivity index (χ0v) is 32.8. The second-order valence-electron chi connectivity index (χ2n) is 16.2. The number of para-hydroxylation sites is 3. The van der Waals surface area contributed by atoms with E-state index in [1.54, 1.807) is 0 Å². The van der Waals surface area contributed by atoms with Crippen LogP contribution in [-0.4, -0.2) is 23.5 Å². The molecule has 6 heterocycles. The SMILES string of the molecule is c1ccc(-c2nc(-n3c4ccc(-c5cc6c7ccccc7c7c8c(c9ccccc9n8-c8ccccc8)c(c5)n67)cc4c4c5ccccc5ccc43)nc3ccccc23)cc1. The molecule has 0 unspecified atom stereocenters. The molecule has 6 aromatic heterocycles. The maximum absolute atomic E-state index is 5.38. The molecule has 0 amide bonds. The lowest BCUT2D eigenvalue weighted by molar-refractivity contribution is 1.01. The molecule has 14 aromatic rings. The molecule has 61 heavy (non-hydrogen) atoms. The summed E-state index contributed by atoms with van der Waals surface area (Å²) in [5.74, 6) is 0.657. The van der Waals surface area contributed by atoms with Gasteiger partial charge in [-0.2, -0.15) is 0 Å². The fraction of sp³-hybridized carbons (Fsp3) is 0. The monoisotopic (exact) mass is 775 g/mol. The Morgan fingerprint density at radius 2 is 0.984 bits per heavy atom. The highest BCUT2D eigenvalue weighted by Gasteiger charge is 2.26. The first-order chi connectivity index (χ1) is 30.3. The van der Waals surface area contributed by atoms with Crippen LogP contribution in [0.25, 0.3) is 127 Å². The van der Waals surface area contributed by atoms with E-state index in [0.29, 0.717) is 5.95 Å². The highest BCUT2D eigenvalue weighted by atomic mass is 15.2. The number of benzene rings is 8. The number of fused-ring (bicyclic) bond motifs is 14. The number of nitrogens with zero attached hydrogens (tertiary/aromatic N) is 5. The van der Waals surface area contributed by atoms with E-state index in [2.05, 4.69) is 214 Å². The normalized spacial score (nSPS) is 12.3. The number of hydrogen-bond donors (Lipinski definition) is 0. The molecule has 0 fully saturated rings. The average molecular weight is 776 g/mol. The summed E-state index contributed by atoms with van der Waals surface area (Å²) in [6.07, 6.45) is 0. The molecule has 0 aliphatic heterocycles. The van der Waals surface area contributed by atoms with E-state index < -0.39 is 0 Å². The second-order valence-corrected chi connectivity index (χ2v) is 16.2. The van der Waals surface area contributed by atoms with Crippen molar-refractivity contribution in [3.63, 3.8) is 0 Å². The number of pyridine rings is 1. The molecule has 282 valence electrons. The van der Waals surface area contributed by atoms with Crippen LogP contribution in [0.2, 0.25) is 0 Å². The Balaban J connectivity index is 1.08. The zero-order chi connectivity index (χ0) is 39.8. The van der Waals surface area contributed by atoms with E-state index in [9.17, 15) is 0 Å². The number of aromatic nitrogens is 5. The van der Waals surface area contributed by atoms with Crippen LogP contribution >= 0.6 is 0 Å². The van der Waals surface area contributed by atoms with E-state index in [4.69, 9.17) is 9.97 Å². The number of rotatable bonds is 4. The molecule has 0 radical (unpaired) electrons. The quantitative estimate of drug-likeness (QED) is 0.179. The topological polar surface area (TPSA) is 40.0 Å². The Hall–Kier alpha value is -8.28. The fourth-order valence-electron chi connectivity index (χ4n) is 10.4. The minimum atomic E-state index is 0.657. The van der Waals surface area contributed by atoms with Gasteiger partial charge in [-0.15, -0.1) is 0 Å². The Kier molecular flexibility index (Phi) is 6.49. The van der Waals surface area contributed by atoms with Crippen LogP contribution in [0, 0.1) is 0 Å². The molecule has 0 aliphatic carbocycles. The van der Waals surface area contributed by atoms with E-state index in [0.717, 1.165) is 44.4 Å². The lowest BCUT2D eigenvalue weighted by Gasteiger charge is -2.12. The molecule has 0 saturated heterocycles. The van der Waals surface area contributed by atoms with Crippen molar-refractivity contribution in [3.8, 4) is 34.0 Å². The van der Waals surface area contributed by atoms with Gasteiger partial charge >= 0.3 is 0 Å².